The van der Waals surface area contributed by atoms with Crippen LogP contribution >= 0.6 is 11.3 Å². The fourth-order valence-electron chi connectivity index (χ4n) is 2.03. The van der Waals surface area contributed by atoms with Crippen molar-refractivity contribution in [3.05, 3.63) is 53.3 Å². The number of carbonyl (C=O) groups is 2. The molecule has 3 aromatic rings. The van der Waals surface area contributed by atoms with Crippen molar-refractivity contribution in [2.45, 2.75) is 6.92 Å². The van der Waals surface area contributed by atoms with Gasteiger partial charge in [0.1, 0.15) is 5.69 Å². The Bertz CT molecular complexity index is 886. The average molecular weight is 342 g/mol. The molecule has 0 atom stereocenters. The number of ether oxygens (including phenoxy) is 1. The van der Waals surface area contributed by atoms with Gasteiger partial charge in [-0.25, -0.2) is 9.67 Å². The van der Waals surface area contributed by atoms with Crippen molar-refractivity contribution >= 4 is 28.2 Å². The number of para-hydroxylation sites is 1. The smallest absolute Gasteiger partial charge is 0.281 e. The SMILES string of the molecule is COc1cn(-c2ccccc2)nc1C(=O)Nc1nc(C(C)=O)cs1. The van der Waals surface area contributed by atoms with Crippen LogP contribution in [0.5, 0.6) is 5.75 Å². The molecule has 3 rings (SSSR count). The molecule has 0 saturated carbocycles. The Hall–Kier alpha value is -3.00. The highest BCUT2D eigenvalue weighted by molar-refractivity contribution is 7.14. The van der Waals surface area contributed by atoms with Crippen LogP contribution in [0.2, 0.25) is 0 Å². The van der Waals surface area contributed by atoms with Crippen molar-refractivity contribution in [2.24, 2.45) is 0 Å². The monoisotopic (exact) mass is 342 g/mol. The summed E-state index contributed by atoms with van der Waals surface area (Å²) < 4.78 is 6.80. The molecule has 1 N–H and O–H groups in total. The first-order chi connectivity index (χ1) is 11.6. The van der Waals surface area contributed by atoms with Crippen LogP contribution in [0.25, 0.3) is 5.69 Å². The second-order valence-electron chi connectivity index (χ2n) is 4.87. The first-order valence-corrected chi connectivity index (χ1v) is 7.93. The molecule has 0 aliphatic carbocycles. The van der Waals surface area contributed by atoms with Gasteiger partial charge in [-0.05, 0) is 12.1 Å². The van der Waals surface area contributed by atoms with E-state index in [9.17, 15) is 9.59 Å². The Labute approximate surface area is 141 Å². The lowest BCUT2D eigenvalue weighted by Crippen LogP contribution is -2.14. The molecule has 24 heavy (non-hydrogen) atoms. The predicted molar refractivity (Wildman–Crippen MR) is 90.2 cm³/mol. The number of anilines is 1. The molecule has 0 aliphatic rings. The normalized spacial score (nSPS) is 10.4. The van der Waals surface area contributed by atoms with E-state index in [1.807, 2.05) is 30.3 Å². The highest BCUT2D eigenvalue weighted by Crippen LogP contribution is 2.22. The molecule has 0 saturated heterocycles. The Morgan fingerprint density at radius 1 is 1.25 bits per heavy atom. The van der Waals surface area contributed by atoms with E-state index in [0.29, 0.717) is 16.6 Å². The van der Waals surface area contributed by atoms with Crippen molar-refractivity contribution in [1.82, 2.24) is 14.8 Å². The van der Waals surface area contributed by atoms with Crippen LogP contribution < -0.4 is 10.1 Å². The number of aromatic nitrogens is 3. The van der Waals surface area contributed by atoms with E-state index < -0.39 is 5.91 Å². The first kappa shape index (κ1) is 15.9. The average Bonchev–Trinajstić information content (AvgIpc) is 3.22. The molecule has 8 heteroatoms. The summed E-state index contributed by atoms with van der Waals surface area (Å²) in [6.07, 6.45) is 1.63. The molecular weight excluding hydrogens is 328 g/mol. The van der Waals surface area contributed by atoms with Crippen molar-refractivity contribution in [3.8, 4) is 11.4 Å². The van der Waals surface area contributed by atoms with Crippen LogP contribution in [0.1, 0.15) is 27.9 Å². The maximum Gasteiger partial charge on any atom is 0.281 e. The van der Waals surface area contributed by atoms with Crippen LogP contribution in [-0.2, 0) is 0 Å². The third-order valence-corrected chi connectivity index (χ3v) is 3.98. The number of rotatable bonds is 5. The van der Waals surface area contributed by atoms with Crippen LogP contribution in [-0.4, -0.2) is 33.6 Å². The molecule has 7 nitrogen and oxygen atoms in total. The van der Waals surface area contributed by atoms with Gasteiger partial charge in [0.15, 0.2) is 22.4 Å². The van der Waals surface area contributed by atoms with Crippen molar-refractivity contribution in [2.75, 3.05) is 12.4 Å². The maximum atomic E-state index is 12.4. The molecule has 0 aliphatic heterocycles. The molecule has 2 heterocycles. The number of benzene rings is 1. The van der Waals surface area contributed by atoms with E-state index in [1.54, 1.807) is 16.3 Å². The first-order valence-electron chi connectivity index (χ1n) is 7.05. The zero-order valence-corrected chi connectivity index (χ0v) is 13.8. The van der Waals surface area contributed by atoms with Gasteiger partial charge in [0.2, 0.25) is 0 Å². The molecule has 0 unspecified atom stereocenters. The predicted octanol–water partition coefficient (Wildman–Crippen LogP) is 2.79. The van der Waals surface area contributed by atoms with Gasteiger partial charge in [0.25, 0.3) is 5.91 Å². The van der Waals surface area contributed by atoms with E-state index in [0.717, 1.165) is 5.69 Å². The molecule has 0 spiro atoms. The lowest BCUT2D eigenvalue weighted by Gasteiger charge is -2.00. The molecular formula is C16H14N4O3S. The Kier molecular flexibility index (Phi) is 4.39. The summed E-state index contributed by atoms with van der Waals surface area (Å²) in [7, 11) is 1.47. The maximum absolute atomic E-state index is 12.4. The standard InChI is InChI=1S/C16H14N4O3S/c1-10(21)12-9-24-16(17-12)18-15(22)14-13(23-2)8-20(19-14)11-6-4-3-5-7-11/h3-9H,1-2H3,(H,17,18,22). The molecule has 0 radical (unpaired) electrons. The molecule has 2 aromatic heterocycles. The number of nitrogens with zero attached hydrogens (tertiary/aromatic N) is 3. The van der Waals surface area contributed by atoms with E-state index >= 15 is 0 Å². The third kappa shape index (κ3) is 3.18. The molecule has 0 bridgehead atoms. The van der Waals surface area contributed by atoms with E-state index in [-0.39, 0.29) is 11.5 Å². The minimum absolute atomic E-state index is 0.140. The van der Waals surface area contributed by atoms with Crippen molar-refractivity contribution < 1.29 is 14.3 Å². The fraction of sp³-hybridized carbons (Fsp3) is 0.125. The number of carbonyl (C=O) groups excluding carboxylic acids is 2. The number of hydrogen-bond acceptors (Lipinski definition) is 6. The quantitative estimate of drug-likeness (QED) is 0.721. The number of methoxy groups -OCH3 is 1. The Balaban J connectivity index is 1.86. The van der Waals surface area contributed by atoms with Gasteiger partial charge in [-0.1, -0.05) is 18.2 Å². The van der Waals surface area contributed by atoms with E-state index in [1.165, 1.54) is 25.4 Å². The molecule has 122 valence electrons. The second-order valence-corrected chi connectivity index (χ2v) is 5.73. The second kappa shape index (κ2) is 6.63. The van der Waals surface area contributed by atoms with Gasteiger partial charge >= 0.3 is 0 Å². The van der Waals surface area contributed by atoms with Gasteiger partial charge < -0.3 is 4.74 Å². The summed E-state index contributed by atoms with van der Waals surface area (Å²) in [5.41, 5.74) is 1.26. The van der Waals surface area contributed by atoms with Crippen molar-refractivity contribution in [1.29, 1.82) is 0 Å². The zero-order valence-electron chi connectivity index (χ0n) is 13.0. The number of Topliss-reactive ketones (excluding diaryl/α,β-unsaturated/α-hetero) is 1. The summed E-state index contributed by atoms with van der Waals surface area (Å²) in [6.45, 7) is 1.42. The fourth-order valence-corrected chi connectivity index (χ4v) is 2.77. The van der Waals surface area contributed by atoms with Gasteiger partial charge in [-0.2, -0.15) is 5.10 Å². The summed E-state index contributed by atoms with van der Waals surface area (Å²) >= 11 is 1.18. The lowest BCUT2D eigenvalue weighted by atomic mass is 10.3. The highest BCUT2D eigenvalue weighted by Gasteiger charge is 2.20. The lowest BCUT2D eigenvalue weighted by molar-refractivity contribution is 0.100. The largest absolute Gasteiger partial charge is 0.493 e. The minimum atomic E-state index is -0.453. The van der Waals surface area contributed by atoms with Gasteiger partial charge in [0, 0.05) is 12.3 Å². The summed E-state index contributed by atoms with van der Waals surface area (Å²) in [5.74, 6) is -0.261. The number of ketones is 1. The molecule has 1 aromatic carbocycles. The number of amides is 1. The topological polar surface area (TPSA) is 86.1 Å². The highest BCUT2D eigenvalue weighted by atomic mass is 32.1. The zero-order chi connectivity index (χ0) is 17.1. The van der Waals surface area contributed by atoms with Crippen molar-refractivity contribution in [3.63, 3.8) is 0 Å². The summed E-state index contributed by atoms with van der Waals surface area (Å²) in [5, 5.41) is 8.84. The molecule has 1 amide bonds. The van der Waals surface area contributed by atoms with E-state index in [2.05, 4.69) is 15.4 Å². The van der Waals surface area contributed by atoms with Crippen LogP contribution in [0, 0.1) is 0 Å². The number of hydrogen-bond donors (Lipinski definition) is 1. The van der Waals surface area contributed by atoms with Crippen LogP contribution in [0.3, 0.4) is 0 Å². The van der Waals surface area contributed by atoms with Gasteiger partial charge in [0.05, 0.1) is 19.0 Å². The summed E-state index contributed by atoms with van der Waals surface area (Å²) in [6, 6.07) is 9.39. The third-order valence-electron chi connectivity index (χ3n) is 3.22. The summed E-state index contributed by atoms with van der Waals surface area (Å²) in [4.78, 5) is 27.8. The van der Waals surface area contributed by atoms with E-state index in [4.69, 9.17) is 4.74 Å². The number of nitrogens with one attached hydrogen (secondary N) is 1. The van der Waals surface area contributed by atoms with Crippen LogP contribution in [0.4, 0.5) is 5.13 Å². The Morgan fingerprint density at radius 3 is 2.62 bits per heavy atom. The van der Waals surface area contributed by atoms with Gasteiger partial charge in [-0.3, -0.25) is 14.9 Å². The van der Waals surface area contributed by atoms with Gasteiger partial charge in [-0.15, -0.1) is 11.3 Å². The Morgan fingerprint density at radius 2 is 2.00 bits per heavy atom. The molecule has 0 fully saturated rings. The van der Waals surface area contributed by atoms with Crippen LogP contribution in [0.15, 0.2) is 41.9 Å². The minimum Gasteiger partial charge on any atom is -0.493 e. The number of thiazole rings is 1.